The normalized spacial score (nSPS) is 11.0. The Labute approximate surface area is 300 Å². The van der Waals surface area contributed by atoms with E-state index in [0.717, 1.165) is 32.7 Å². The summed E-state index contributed by atoms with van der Waals surface area (Å²) < 4.78 is 0. The average molecular weight is 669 g/mol. The second-order valence-corrected chi connectivity index (χ2v) is 14.3. The highest BCUT2D eigenvalue weighted by Crippen LogP contribution is 2.12. The summed E-state index contributed by atoms with van der Waals surface area (Å²) in [5.74, 6) is 0. The summed E-state index contributed by atoms with van der Waals surface area (Å²) in [6, 6.07) is 0. The van der Waals surface area contributed by atoms with Crippen LogP contribution in [0.1, 0.15) is 234 Å². The van der Waals surface area contributed by atoms with Crippen LogP contribution < -0.4 is 16.8 Å². The summed E-state index contributed by atoms with van der Waals surface area (Å²) in [6.07, 6.45) is 43.8. The summed E-state index contributed by atoms with van der Waals surface area (Å²) >= 11 is 0. The van der Waals surface area contributed by atoms with E-state index in [-0.39, 0.29) is 0 Å². The zero-order chi connectivity index (χ0) is 35.2. The number of hydrogen-bond acceptors (Lipinski definition) is 4. The number of likely N-dealkylation sites (N-methyl/N-ethyl adjacent to an activating group) is 1. The van der Waals surface area contributed by atoms with Crippen LogP contribution in [-0.4, -0.2) is 50.7 Å². The van der Waals surface area contributed by atoms with Crippen molar-refractivity contribution in [3.8, 4) is 0 Å². The first-order valence-corrected chi connectivity index (χ1v) is 22.0. The molecule has 0 fully saturated rings. The fourth-order valence-corrected chi connectivity index (χ4v) is 6.09. The van der Waals surface area contributed by atoms with Gasteiger partial charge in [0.05, 0.1) is 0 Å². The third-order valence-corrected chi connectivity index (χ3v) is 9.44. The molecule has 0 bridgehead atoms. The van der Waals surface area contributed by atoms with Crippen molar-refractivity contribution in [2.75, 3.05) is 45.8 Å². The van der Waals surface area contributed by atoms with Gasteiger partial charge >= 0.3 is 0 Å². The monoisotopic (exact) mass is 669 g/mol. The zero-order valence-corrected chi connectivity index (χ0v) is 34.0. The number of unbranched alkanes of at least 4 members (excludes halogenated alkanes) is 27. The molecule has 0 amide bonds. The quantitative estimate of drug-likeness (QED) is 0.0576. The van der Waals surface area contributed by atoms with Crippen molar-refractivity contribution in [3.05, 3.63) is 0 Å². The highest BCUT2D eigenvalue weighted by atomic mass is 15.1. The lowest BCUT2D eigenvalue weighted by Gasteiger charge is -2.19. The van der Waals surface area contributed by atoms with Gasteiger partial charge in [-0.1, -0.05) is 214 Å². The van der Waals surface area contributed by atoms with Crippen molar-refractivity contribution < 1.29 is 0 Å². The molecule has 4 nitrogen and oxygen atoms in total. The van der Waals surface area contributed by atoms with Gasteiger partial charge < -0.3 is 21.7 Å². The lowest BCUT2D eigenvalue weighted by molar-refractivity contribution is 0.290. The molecular formula is C43H96N4. The van der Waals surface area contributed by atoms with Crippen molar-refractivity contribution in [1.82, 2.24) is 10.2 Å². The van der Waals surface area contributed by atoms with Crippen LogP contribution in [0.4, 0.5) is 0 Å². The molecule has 0 atom stereocenters. The minimum absolute atomic E-state index is 0.778. The molecule has 0 saturated heterocycles. The second kappa shape index (κ2) is 52.6. The molecule has 0 aliphatic heterocycles. The van der Waals surface area contributed by atoms with Crippen LogP contribution in [0.15, 0.2) is 0 Å². The van der Waals surface area contributed by atoms with E-state index in [0.29, 0.717) is 0 Å². The Morgan fingerprint density at radius 1 is 0.319 bits per heavy atom. The highest BCUT2D eigenvalue weighted by molar-refractivity contribution is 4.58. The molecule has 0 aromatic rings. The van der Waals surface area contributed by atoms with E-state index in [9.17, 15) is 0 Å². The van der Waals surface area contributed by atoms with Gasteiger partial charge in [-0.05, 0) is 52.0 Å². The summed E-state index contributed by atoms with van der Waals surface area (Å²) in [6.45, 7) is 18.7. The maximum absolute atomic E-state index is 5.60. The Morgan fingerprint density at radius 3 is 0.915 bits per heavy atom. The van der Waals surface area contributed by atoms with E-state index in [2.05, 4.69) is 44.8 Å². The largest absolute Gasteiger partial charge is 0.330 e. The molecule has 0 aliphatic carbocycles. The fraction of sp³-hybridized carbons (Fsp3) is 1.00. The molecule has 0 rings (SSSR count). The summed E-state index contributed by atoms with van der Waals surface area (Å²) in [5, 5.41) is 3.57. The Bertz CT molecular complexity index is 453. The highest BCUT2D eigenvalue weighted by Gasteiger charge is 2.00. The van der Waals surface area contributed by atoms with Crippen molar-refractivity contribution in [1.29, 1.82) is 0 Å². The summed E-state index contributed by atoms with van der Waals surface area (Å²) in [7, 11) is 0. The predicted octanol–water partition coefficient (Wildman–Crippen LogP) is 13.0. The smallest absolute Gasteiger partial charge is 0.0104 e. The van der Waals surface area contributed by atoms with Gasteiger partial charge in [-0.25, -0.2) is 0 Å². The van der Waals surface area contributed by atoms with Gasteiger partial charge in [0, 0.05) is 13.1 Å². The number of rotatable bonds is 37. The van der Waals surface area contributed by atoms with E-state index >= 15 is 0 Å². The van der Waals surface area contributed by atoms with E-state index in [1.807, 2.05) is 0 Å². The Hall–Kier alpha value is -0.160. The number of nitrogens with one attached hydrogen (secondary N) is 1. The average Bonchev–Trinajstić information content (AvgIpc) is 3.09. The molecule has 47 heavy (non-hydrogen) atoms. The first-order valence-electron chi connectivity index (χ1n) is 22.0. The van der Waals surface area contributed by atoms with Gasteiger partial charge in [0.15, 0.2) is 0 Å². The first kappa shape index (κ1) is 51.2. The summed E-state index contributed by atoms with van der Waals surface area (Å²) in [5.41, 5.74) is 11.0. The molecule has 4 heteroatoms. The predicted molar refractivity (Wildman–Crippen MR) is 219 cm³/mol. The lowest BCUT2D eigenvalue weighted by atomic mass is 10.1. The Kier molecular flexibility index (Phi) is 57.4. The lowest BCUT2D eigenvalue weighted by Crippen LogP contribution is -2.32. The molecule has 0 heterocycles. The molecule has 0 unspecified atom stereocenters. The van der Waals surface area contributed by atoms with Crippen LogP contribution in [0, 0.1) is 0 Å². The Morgan fingerprint density at radius 2 is 0.617 bits per heavy atom. The molecule has 0 spiro atoms. The molecule has 0 aromatic carbocycles. The minimum atomic E-state index is 0.778. The van der Waals surface area contributed by atoms with Gasteiger partial charge in [0.1, 0.15) is 0 Å². The first-order chi connectivity index (χ1) is 23.2. The van der Waals surface area contributed by atoms with Gasteiger partial charge in [-0.2, -0.15) is 0 Å². The van der Waals surface area contributed by atoms with Crippen LogP contribution in [0.5, 0.6) is 0 Å². The van der Waals surface area contributed by atoms with Crippen molar-refractivity contribution in [2.24, 2.45) is 11.5 Å². The van der Waals surface area contributed by atoms with E-state index in [4.69, 9.17) is 11.5 Å². The maximum Gasteiger partial charge on any atom is 0.0104 e. The van der Waals surface area contributed by atoms with Crippen LogP contribution in [0.25, 0.3) is 0 Å². The maximum atomic E-state index is 5.60. The van der Waals surface area contributed by atoms with Gasteiger partial charge in [-0.3, -0.25) is 0 Å². The molecule has 5 N–H and O–H groups in total. The molecule has 0 aromatic heterocycles. The molecule has 0 aliphatic rings. The summed E-state index contributed by atoms with van der Waals surface area (Å²) in [4.78, 5) is 2.43. The van der Waals surface area contributed by atoms with Crippen molar-refractivity contribution >= 4 is 0 Å². The van der Waals surface area contributed by atoms with Crippen LogP contribution in [-0.2, 0) is 0 Å². The molecule has 0 radical (unpaired) electrons. The van der Waals surface area contributed by atoms with Crippen molar-refractivity contribution in [3.63, 3.8) is 0 Å². The van der Waals surface area contributed by atoms with E-state index in [1.54, 1.807) is 0 Å². The van der Waals surface area contributed by atoms with Gasteiger partial charge in [0.2, 0.25) is 0 Å². The topological polar surface area (TPSA) is 67.3 Å². The minimum Gasteiger partial charge on any atom is -0.330 e. The van der Waals surface area contributed by atoms with Crippen LogP contribution in [0.2, 0.25) is 0 Å². The Balaban J connectivity index is -0.000000663. The second-order valence-electron chi connectivity index (χ2n) is 14.3. The fourth-order valence-electron chi connectivity index (χ4n) is 6.09. The number of hydrogen-bond donors (Lipinski definition) is 3. The number of nitrogens with two attached hydrogens (primary N) is 2. The molecule has 288 valence electrons. The number of nitrogens with zero attached hydrogens (tertiary/aromatic N) is 1. The molecular weight excluding hydrogens is 573 g/mol. The van der Waals surface area contributed by atoms with Crippen LogP contribution in [0.3, 0.4) is 0 Å². The van der Waals surface area contributed by atoms with E-state index < -0.39 is 0 Å². The van der Waals surface area contributed by atoms with Gasteiger partial charge in [0.25, 0.3) is 0 Å². The van der Waals surface area contributed by atoms with Crippen molar-refractivity contribution in [2.45, 2.75) is 234 Å². The van der Waals surface area contributed by atoms with Gasteiger partial charge in [-0.15, -0.1) is 0 Å². The van der Waals surface area contributed by atoms with E-state index in [1.165, 1.54) is 212 Å². The third-order valence-electron chi connectivity index (χ3n) is 9.44. The molecule has 0 saturated carbocycles. The van der Waals surface area contributed by atoms with Crippen LogP contribution >= 0.6 is 0 Å². The third kappa shape index (κ3) is 55.5. The SMILES string of the molecule is CCCCCCCCCCCC.CCCCCCCCCCCCN.CCCCCCCCCCCCNCCCN(CC)CCN. The standard InChI is InChI=1S/C19H43N3.C12H27N.C12H26/c1-3-5-6-7-8-9-10-11-12-13-16-21-17-14-18-22(4-2)19-15-20;1-2-3-4-5-6-7-8-9-10-11-12-13;1-3-5-7-9-11-12-10-8-6-4-2/h21H,3-20H2,1-2H3;2-13H2,1H3;3-12H2,1-2H3. The zero-order valence-electron chi connectivity index (χ0n) is 34.0.